The van der Waals surface area contributed by atoms with Crippen LogP contribution in [-0.4, -0.2) is 42.4 Å². The van der Waals surface area contributed by atoms with E-state index >= 15 is 0 Å². The number of piperidine rings is 1. The first-order valence-electron chi connectivity index (χ1n) is 6.33. The van der Waals surface area contributed by atoms with Crippen LogP contribution in [-0.2, 0) is 9.47 Å². The third-order valence-electron chi connectivity index (χ3n) is 3.75. The van der Waals surface area contributed by atoms with E-state index < -0.39 is 0 Å². The van der Waals surface area contributed by atoms with Gasteiger partial charge in [-0.05, 0) is 38.7 Å². The number of likely N-dealkylation sites (tertiary alicyclic amines) is 1. The molecule has 1 spiro atoms. The van der Waals surface area contributed by atoms with Gasteiger partial charge in [0, 0.05) is 13.1 Å². The number of nitrogens with zero attached hydrogens (tertiary/aromatic N) is 1. The van der Waals surface area contributed by atoms with Crippen LogP contribution in [0.2, 0.25) is 0 Å². The fourth-order valence-corrected chi connectivity index (χ4v) is 2.66. The van der Waals surface area contributed by atoms with E-state index in [0.29, 0.717) is 6.61 Å². The first kappa shape index (κ1) is 12.4. The van der Waals surface area contributed by atoms with Gasteiger partial charge in [0.05, 0.1) is 18.3 Å². The number of amides is 1. The summed E-state index contributed by atoms with van der Waals surface area (Å²) in [6, 6.07) is 0. The molecule has 0 unspecified atom stereocenters. The molecule has 2 aliphatic rings. The van der Waals surface area contributed by atoms with Gasteiger partial charge in [-0.15, -0.1) is 0 Å². The fourth-order valence-electron chi connectivity index (χ4n) is 2.66. The Morgan fingerprint density at radius 3 is 2.71 bits per heavy atom. The lowest BCUT2D eigenvalue weighted by atomic mass is 9.87. The molecule has 2 heterocycles. The van der Waals surface area contributed by atoms with Gasteiger partial charge in [-0.25, -0.2) is 4.79 Å². The Balaban J connectivity index is 1.90. The van der Waals surface area contributed by atoms with Crippen LogP contribution >= 0.6 is 0 Å². The highest BCUT2D eigenvalue weighted by atomic mass is 16.6. The highest BCUT2D eigenvalue weighted by Gasteiger charge is 2.43. The summed E-state index contributed by atoms with van der Waals surface area (Å²) in [5.74, 6) is 0. The van der Waals surface area contributed by atoms with E-state index in [-0.39, 0.29) is 17.8 Å². The van der Waals surface area contributed by atoms with Crippen molar-refractivity contribution in [2.24, 2.45) is 0 Å². The summed E-state index contributed by atoms with van der Waals surface area (Å²) < 4.78 is 11.0. The second-order valence-corrected chi connectivity index (χ2v) is 4.96. The number of hydrogen-bond donors (Lipinski definition) is 0. The molecule has 0 radical (unpaired) electrons. The molecule has 0 aromatic heterocycles. The predicted molar refractivity (Wildman–Crippen MR) is 64.9 cm³/mol. The van der Waals surface area contributed by atoms with Crippen LogP contribution in [0.25, 0.3) is 0 Å². The Bertz CT molecular complexity index is 319. The molecule has 17 heavy (non-hydrogen) atoms. The number of ether oxygens (including phenoxy) is 2. The van der Waals surface area contributed by atoms with E-state index in [0.717, 1.165) is 32.4 Å². The Labute approximate surface area is 103 Å². The van der Waals surface area contributed by atoms with Crippen LogP contribution in [0.5, 0.6) is 0 Å². The van der Waals surface area contributed by atoms with E-state index in [9.17, 15) is 4.79 Å². The third kappa shape index (κ3) is 2.46. The monoisotopic (exact) mass is 239 g/mol. The molecule has 0 bridgehead atoms. The maximum atomic E-state index is 11.6. The van der Waals surface area contributed by atoms with E-state index in [4.69, 9.17) is 9.47 Å². The number of carbonyl (C=O) groups is 1. The van der Waals surface area contributed by atoms with Gasteiger partial charge in [-0.3, -0.25) is 0 Å². The molecule has 1 amide bonds. The van der Waals surface area contributed by atoms with Crippen molar-refractivity contribution < 1.29 is 14.3 Å². The molecule has 0 N–H and O–H groups in total. The second kappa shape index (κ2) is 4.69. The molecule has 2 aliphatic heterocycles. The first-order valence-corrected chi connectivity index (χ1v) is 6.33. The van der Waals surface area contributed by atoms with Gasteiger partial charge < -0.3 is 14.4 Å². The van der Waals surface area contributed by atoms with Crippen molar-refractivity contribution in [1.29, 1.82) is 0 Å². The topological polar surface area (TPSA) is 38.8 Å². The van der Waals surface area contributed by atoms with Crippen molar-refractivity contribution in [3.63, 3.8) is 0 Å². The Morgan fingerprint density at radius 2 is 2.24 bits per heavy atom. The largest absolute Gasteiger partial charge is 0.450 e. The molecule has 4 heteroatoms. The maximum absolute atomic E-state index is 11.6. The van der Waals surface area contributed by atoms with Crippen molar-refractivity contribution in [3.8, 4) is 0 Å². The van der Waals surface area contributed by atoms with Gasteiger partial charge in [0.1, 0.15) is 0 Å². The molecule has 0 saturated carbocycles. The molecule has 96 valence electrons. The minimum absolute atomic E-state index is 0.0699. The van der Waals surface area contributed by atoms with Gasteiger partial charge in [-0.1, -0.05) is 6.58 Å². The Morgan fingerprint density at radius 1 is 1.59 bits per heavy atom. The van der Waals surface area contributed by atoms with E-state index in [2.05, 4.69) is 13.5 Å². The first-order chi connectivity index (χ1) is 8.06. The molecular formula is C13H21NO3. The summed E-state index contributed by atoms with van der Waals surface area (Å²) in [5, 5.41) is 0. The fraction of sp³-hybridized carbons (Fsp3) is 0.769. The minimum atomic E-state index is -0.202. The lowest BCUT2D eigenvalue weighted by molar-refractivity contribution is -0.0675. The van der Waals surface area contributed by atoms with Gasteiger partial charge in [0.25, 0.3) is 0 Å². The van der Waals surface area contributed by atoms with Gasteiger partial charge in [0.2, 0.25) is 0 Å². The van der Waals surface area contributed by atoms with Crippen molar-refractivity contribution in [3.05, 3.63) is 12.2 Å². The maximum Gasteiger partial charge on any atom is 0.409 e. The van der Waals surface area contributed by atoms with Crippen molar-refractivity contribution in [2.45, 2.75) is 44.8 Å². The summed E-state index contributed by atoms with van der Waals surface area (Å²) in [6.07, 6.45) is 2.66. The average molecular weight is 239 g/mol. The summed E-state index contributed by atoms with van der Waals surface area (Å²) >= 11 is 0. The van der Waals surface area contributed by atoms with Gasteiger partial charge in [0.15, 0.2) is 0 Å². The highest BCUT2D eigenvalue weighted by molar-refractivity contribution is 5.67. The van der Waals surface area contributed by atoms with E-state index in [1.54, 1.807) is 4.90 Å². The molecule has 1 atom stereocenters. The van der Waals surface area contributed by atoms with E-state index in [1.807, 2.05) is 6.92 Å². The van der Waals surface area contributed by atoms with Crippen LogP contribution in [0.1, 0.15) is 33.1 Å². The van der Waals surface area contributed by atoms with Crippen LogP contribution in [0.15, 0.2) is 12.2 Å². The quantitative estimate of drug-likeness (QED) is 0.659. The smallest absolute Gasteiger partial charge is 0.409 e. The zero-order valence-corrected chi connectivity index (χ0v) is 10.7. The summed E-state index contributed by atoms with van der Waals surface area (Å²) in [4.78, 5) is 13.3. The predicted octanol–water partition coefficient (Wildman–Crippen LogP) is 2.34. The molecule has 0 aromatic rings. The Hall–Kier alpha value is -1.03. The zero-order valence-electron chi connectivity index (χ0n) is 10.7. The number of rotatable bonds is 1. The van der Waals surface area contributed by atoms with Crippen LogP contribution in [0.4, 0.5) is 4.79 Å². The van der Waals surface area contributed by atoms with Crippen LogP contribution in [0.3, 0.4) is 0 Å². The number of hydrogen-bond acceptors (Lipinski definition) is 3. The molecule has 0 aromatic carbocycles. The van der Waals surface area contributed by atoms with Crippen LogP contribution < -0.4 is 0 Å². The Kier molecular flexibility index (Phi) is 3.43. The molecule has 2 fully saturated rings. The second-order valence-electron chi connectivity index (χ2n) is 4.96. The molecule has 2 rings (SSSR count). The van der Waals surface area contributed by atoms with E-state index in [1.165, 1.54) is 5.57 Å². The third-order valence-corrected chi connectivity index (χ3v) is 3.75. The summed E-state index contributed by atoms with van der Waals surface area (Å²) in [6.45, 7) is 9.79. The molecule has 2 saturated heterocycles. The number of carbonyl (C=O) groups excluding carboxylic acids is 1. The standard InChI is InChI=1S/C13H21NO3/c1-4-16-12(15)14-7-5-13(6-8-14)9-10(2)11(3)17-13/h11H,2,4-9H2,1,3H3/t11-/m1/s1. The average Bonchev–Trinajstić information content (AvgIpc) is 2.55. The van der Waals surface area contributed by atoms with Crippen molar-refractivity contribution in [2.75, 3.05) is 19.7 Å². The van der Waals surface area contributed by atoms with Gasteiger partial charge in [-0.2, -0.15) is 0 Å². The summed E-state index contributed by atoms with van der Waals surface area (Å²) in [7, 11) is 0. The lowest BCUT2D eigenvalue weighted by Crippen LogP contribution is -2.46. The summed E-state index contributed by atoms with van der Waals surface area (Å²) in [5.41, 5.74) is 1.11. The molecular weight excluding hydrogens is 218 g/mol. The lowest BCUT2D eigenvalue weighted by Gasteiger charge is -2.38. The SMILES string of the molecule is C=C1CC2(CCN(C(=O)OCC)CC2)O[C@@H]1C. The minimum Gasteiger partial charge on any atom is -0.450 e. The molecule has 4 nitrogen and oxygen atoms in total. The molecule has 0 aliphatic carbocycles. The van der Waals surface area contributed by atoms with Crippen molar-refractivity contribution >= 4 is 6.09 Å². The van der Waals surface area contributed by atoms with Crippen LogP contribution in [0, 0.1) is 0 Å². The van der Waals surface area contributed by atoms with Gasteiger partial charge >= 0.3 is 6.09 Å². The van der Waals surface area contributed by atoms with Crippen molar-refractivity contribution in [1.82, 2.24) is 4.90 Å². The highest BCUT2D eigenvalue weighted by Crippen LogP contribution is 2.40. The zero-order chi connectivity index (χ0) is 12.5. The normalized spacial score (nSPS) is 27.5.